The highest BCUT2D eigenvalue weighted by Gasteiger charge is 1.96. The summed E-state index contributed by atoms with van der Waals surface area (Å²) in [4.78, 5) is 10.5. The molecule has 0 rings (SSSR count). The number of esters is 1. The maximum atomic E-state index is 10.5. The number of rotatable bonds is 7. The van der Waals surface area contributed by atoms with Crippen LogP contribution in [0.1, 0.15) is 0 Å². The van der Waals surface area contributed by atoms with Gasteiger partial charge in [-0.3, -0.25) is 4.79 Å². The molecule has 0 aromatic rings. The van der Waals surface area contributed by atoms with Crippen LogP contribution < -0.4 is 5.32 Å². The molecule has 5 nitrogen and oxygen atoms in total. The van der Waals surface area contributed by atoms with E-state index in [1.807, 2.05) is 0 Å². The van der Waals surface area contributed by atoms with Crippen LogP contribution in [-0.2, 0) is 14.3 Å². The Balaban J connectivity index is 2.95. The molecule has 0 aromatic carbocycles. The molecule has 0 heterocycles. The molecule has 0 unspecified atom stereocenters. The van der Waals surface area contributed by atoms with E-state index in [4.69, 9.17) is 9.84 Å². The van der Waals surface area contributed by atoms with Gasteiger partial charge in [-0.1, -0.05) is 0 Å². The van der Waals surface area contributed by atoms with Crippen molar-refractivity contribution in [3.05, 3.63) is 0 Å². The topological polar surface area (TPSA) is 67.8 Å². The lowest BCUT2D eigenvalue weighted by atomic mass is 10.6. The minimum absolute atomic E-state index is 0.0248. The summed E-state index contributed by atoms with van der Waals surface area (Å²) in [5.74, 6) is -0.294. The van der Waals surface area contributed by atoms with Crippen LogP contribution in [0.15, 0.2) is 0 Å². The predicted octanol–water partition coefficient (Wildman–Crippen LogP) is -1.24. The summed E-state index contributed by atoms with van der Waals surface area (Å²) in [6.07, 6.45) is 0. The maximum Gasteiger partial charge on any atom is 0.319 e. The van der Waals surface area contributed by atoms with Gasteiger partial charge in [-0.15, -0.1) is 0 Å². The van der Waals surface area contributed by atoms with Crippen molar-refractivity contribution >= 4 is 5.97 Å². The van der Waals surface area contributed by atoms with Gasteiger partial charge in [0, 0.05) is 6.54 Å². The summed E-state index contributed by atoms with van der Waals surface area (Å²) in [7, 11) is 1.34. The van der Waals surface area contributed by atoms with E-state index in [0.717, 1.165) is 0 Å². The zero-order valence-corrected chi connectivity index (χ0v) is 7.21. The van der Waals surface area contributed by atoms with Crippen molar-refractivity contribution in [3.8, 4) is 0 Å². The quantitative estimate of drug-likeness (QED) is 0.376. The molecule has 0 spiro atoms. The molecule has 2 N–H and O–H groups in total. The largest absolute Gasteiger partial charge is 0.468 e. The van der Waals surface area contributed by atoms with Crippen LogP contribution in [0, 0.1) is 0 Å². The first-order valence-corrected chi connectivity index (χ1v) is 3.77. The van der Waals surface area contributed by atoms with E-state index >= 15 is 0 Å². The van der Waals surface area contributed by atoms with Gasteiger partial charge in [0.15, 0.2) is 0 Å². The second kappa shape index (κ2) is 8.45. The fourth-order valence-electron chi connectivity index (χ4n) is 0.574. The maximum absolute atomic E-state index is 10.5. The predicted molar refractivity (Wildman–Crippen MR) is 42.8 cm³/mol. The van der Waals surface area contributed by atoms with Crippen molar-refractivity contribution in [1.82, 2.24) is 5.32 Å². The van der Waals surface area contributed by atoms with Crippen molar-refractivity contribution in [2.75, 3.05) is 40.0 Å². The summed E-state index contributed by atoms with van der Waals surface area (Å²) < 4.78 is 9.33. The molecule has 0 amide bonds. The molecule has 0 fully saturated rings. The number of aliphatic hydroxyl groups excluding tert-OH is 1. The monoisotopic (exact) mass is 177 g/mol. The molecule has 5 heteroatoms. The van der Waals surface area contributed by atoms with E-state index in [1.54, 1.807) is 0 Å². The zero-order chi connectivity index (χ0) is 9.23. The number of aliphatic hydroxyl groups is 1. The second-order valence-corrected chi connectivity index (χ2v) is 2.09. The number of carbonyl (C=O) groups is 1. The third-order valence-corrected chi connectivity index (χ3v) is 1.16. The van der Waals surface area contributed by atoms with E-state index in [-0.39, 0.29) is 19.1 Å². The lowest BCUT2D eigenvalue weighted by Gasteiger charge is -2.03. The van der Waals surface area contributed by atoms with Gasteiger partial charge in [-0.25, -0.2) is 0 Å². The Labute approximate surface area is 71.7 Å². The van der Waals surface area contributed by atoms with E-state index < -0.39 is 0 Å². The Morgan fingerprint density at radius 1 is 1.50 bits per heavy atom. The van der Waals surface area contributed by atoms with Crippen LogP contribution in [0.5, 0.6) is 0 Å². The van der Waals surface area contributed by atoms with Crippen LogP contribution in [0.25, 0.3) is 0 Å². The molecule has 0 saturated carbocycles. The standard InChI is InChI=1S/C7H15NO4/c1-11-7(10)6-8-2-4-12-5-3-9/h8-9H,2-6H2,1H3. The van der Waals surface area contributed by atoms with Crippen LogP contribution in [0.3, 0.4) is 0 Å². The van der Waals surface area contributed by atoms with Gasteiger partial charge >= 0.3 is 5.97 Å². The van der Waals surface area contributed by atoms with Crippen LogP contribution >= 0.6 is 0 Å². The molecular weight excluding hydrogens is 162 g/mol. The van der Waals surface area contributed by atoms with Crippen molar-refractivity contribution in [2.24, 2.45) is 0 Å². The van der Waals surface area contributed by atoms with E-state index in [9.17, 15) is 4.79 Å². The number of ether oxygens (including phenoxy) is 2. The molecule has 0 atom stereocenters. The summed E-state index contributed by atoms with van der Waals surface area (Å²) in [5, 5.41) is 11.1. The highest BCUT2D eigenvalue weighted by molar-refractivity contribution is 5.71. The van der Waals surface area contributed by atoms with Gasteiger partial charge in [0.25, 0.3) is 0 Å². The van der Waals surface area contributed by atoms with E-state index in [1.165, 1.54) is 7.11 Å². The molecule has 0 aliphatic carbocycles. The lowest BCUT2D eigenvalue weighted by Crippen LogP contribution is -2.27. The Kier molecular flexibility index (Phi) is 7.99. The number of nitrogens with one attached hydrogen (secondary N) is 1. The summed E-state index contributed by atoms with van der Waals surface area (Å²) in [6, 6.07) is 0. The SMILES string of the molecule is COC(=O)CNCCOCCO. The summed E-state index contributed by atoms with van der Waals surface area (Å²) in [5.41, 5.74) is 0. The molecule has 0 aliphatic rings. The third-order valence-electron chi connectivity index (χ3n) is 1.16. The highest BCUT2D eigenvalue weighted by Crippen LogP contribution is 1.73. The van der Waals surface area contributed by atoms with Gasteiger partial charge in [0.2, 0.25) is 0 Å². The average molecular weight is 177 g/mol. The van der Waals surface area contributed by atoms with E-state index in [2.05, 4.69) is 10.1 Å². The Morgan fingerprint density at radius 3 is 2.83 bits per heavy atom. The first-order chi connectivity index (χ1) is 5.81. The van der Waals surface area contributed by atoms with Crippen LogP contribution in [0.4, 0.5) is 0 Å². The molecule has 12 heavy (non-hydrogen) atoms. The molecule has 0 bridgehead atoms. The van der Waals surface area contributed by atoms with Crippen LogP contribution in [-0.4, -0.2) is 51.1 Å². The summed E-state index contributed by atoms with van der Waals surface area (Å²) in [6.45, 7) is 1.61. The molecule has 0 saturated heterocycles. The highest BCUT2D eigenvalue weighted by atomic mass is 16.5. The van der Waals surface area contributed by atoms with Gasteiger partial charge in [-0.05, 0) is 0 Å². The first kappa shape index (κ1) is 11.4. The number of carbonyl (C=O) groups excluding carboxylic acids is 1. The number of methoxy groups -OCH3 is 1. The molecular formula is C7H15NO4. The Bertz CT molecular complexity index is 118. The zero-order valence-electron chi connectivity index (χ0n) is 7.21. The van der Waals surface area contributed by atoms with Gasteiger partial charge in [-0.2, -0.15) is 0 Å². The average Bonchev–Trinajstić information content (AvgIpc) is 2.10. The normalized spacial score (nSPS) is 9.83. The fraction of sp³-hybridized carbons (Fsp3) is 0.857. The number of hydrogen-bond donors (Lipinski definition) is 2. The smallest absolute Gasteiger partial charge is 0.319 e. The molecule has 0 aromatic heterocycles. The molecule has 72 valence electrons. The van der Waals surface area contributed by atoms with Gasteiger partial charge in [0.05, 0.1) is 33.5 Å². The molecule has 0 radical (unpaired) electrons. The Hall–Kier alpha value is -0.650. The lowest BCUT2D eigenvalue weighted by molar-refractivity contribution is -0.139. The minimum Gasteiger partial charge on any atom is -0.468 e. The van der Waals surface area contributed by atoms with Gasteiger partial charge < -0.3 is 19.9 Å². The number of hydrogen-bond acceptors (Lipinski definition) is 5. The van der Waals surface area contributed by atoms with Crippen molar-refractivity contribution in [2.45, 2.75) is 0 Å². The first-order valence-electron chi connectivity index (χ1n) is 3.77. The third kappa shape index (κ3) is 7.46. The van der Waals surface area contributed by atoms with Crippen molar-refractivity contribution in [3.63, 3.8) is 0 Å². The van der Waals surface area contributed by atoms with E-state index in [0.29, 0.717) is 19.8 Å². The minimum atomic E-state index is -0.294. The fourth-order valence-corrected chi connectivity index (χ4v) is 0.574. The van der Waals surface area contributed by atoms with Gasteiger partial charge in [0.1, 0.15) is 0 Å². The Morgan fingerprint density at radius 2 is 2.25 bits per heavy atom. The second-order valence-electron chi connectivity index (χ2n) is 2.09. The van der Waals surface area contributed by atoms with Crippen molar-refractivity contribution in [1.29, 1.82) is 0 Å². The summed E-state index contributed by atoms with van der Waals surface area (Å²) >= 11 is 0. The molecule has 0 aliphatic heterocycles. The van der Waals surface area contributed by atoms with Crippen molar-refractivity contribution < 1.29 is 19.4 Å². The van der Waals surface area contributed by atoms with Crippen LogP contribution in [0.2, 0.25) is 0 Å².